The molecule has 2 rings (SSSR count). The minimum absolute atomic E-state index is 0.00781. The highest BCUT2D eigenvalue weighted by molar-refractivity contribution is 5.92. The van der Waals surface area contributed by atoms with Crippen LogP contribution in [0.1, 0.15) is 31.9 Å². The van der Waals surface area contributed by atoms with Gasteiger partial charge < -0.3 is 9.80 Å². The Morgan fingerprint density at radius 1 is 0.957 bits per heavy atom. The van der Waals surface area contributed by atoms with Gasteiger partial charge in [-0.25, -0.2) is 0 Å². The first-order valence-electron chi connectivity index (χ1n) is 8.10. The van der Waals surface area contributed by atoms with Crippen LogP contribution in [-0.2, 0) is 9.59 Å². The van der Waals surface area contributed by atoms with Crippen molar-refractivity contribution in [2.24, 2.45) is 5.41 Å². The summed E-state index contributed by atoms with van der Waals surface area (Å²) in [6.45, 7) is 10.2. The lowest BCUT2D eigenvalue weighted by Gasteiger charge is -2.37. The highest BCUT2D eigenvalue weighted by Gasteiger charge is 2.30. The number of benzene rings is 1. The standard InChI is InChI=1S/C19H26N2O2/c1-15-5-7-16(8-6-15)9-10-17(22)20-11-13-21(14-12-20)18(23)19(2,3)4/h5-10H,11-14H2,1-4H3/b10-9+. The summed E-state index contributed by atoms with van der Waals surface area (Å²) in [6, 6.07) is 8.06. The van der Waals surface area contributed by atoms with Crippen LogP contribution in [0.15, 0.2) is 30.3 Å². The van der Waals surface area contributed by atoms with Crippen molar-refractivity contribution < 1.29 is 9.59 Å². The summed E-state index contributed by atoms with van der Waals surface area (Å²) in [7, 11) is 0. The number of piperazine rings is 1. The number of hydrogen-bond donors (Lipinski definition) is 0. The van der Waals surface area contributed by atoms with Crippen LogP contribution in [-0.4, -0.2) is 47.8 Å². The molecule has 1 aromatic carbocycles. The zero-order valence-electron chi connectivity index (χ0n) is 14.5. The molecule has 0 unspecified atom stereocenters. The zero-order chi connectivity index (χ0) is 17.0. The molecule has 1 aliphatic heterocycles. The van der Waals surface area contributed by atoms with Crippen LogP contribution >= 0.6 is 0 Å². The molecule has 0 aliphatic carbocycles. The zero-order valence-corrected chi connectivity index (χ0v) is 14.5. The van der Waals surface area contributed by atoms with Crippen molar-refractivity contribution in [3.63, 3.8) is 0 Å². The molecule has 0 N–H and O–H groups in total. The molecule has 1 aromatic rings. The molecule has 4 heteroatoms. The molecule has 1 saturated heterocycles. The molecular weight excluding hydrogens is 288 g/mol. The van der Waals surface area contributed by atoms with E-state index in [1.54, 1.807) is 11.0 Å². The van der Waals surface area contributed by atoms with E-state index in [2.05, 4.69) is 0 Å². The number of rotatable bonds is 2. The van der Waals surface area contributed by atoms with Crippen LogP contribution in [0.4, 0.5) is 0 Å². The van der Waals surface area contributed by atoms with Gasteiger partial charge in [0.1, 0.15) is 0 Å². The second-order valence-corrected chi connectivity index (χ2v) is 7.11. The van der Waals surface area contributed by atoms with Crippen LogP contribution in [0, 0.1) is 12.3 Å². The van der Waals surface area contributed by atoms with Crippen LogP contribution in [0.2, 0.25) is 0 Å². The van der Waals surface area contributed by atoms with Gasteiger partial charge in [-0.2, -0.15) is 0 Å². The number of nitrogens with zero attached hydrogens (tertiary/aromatic N) is 2. The molecule has 1 heterocycles. The summed E-state index contributed by atoms with van der Waals surface area (Å²) in [5.74, 6) is 0.160. The molecule has 1 aliphatic rings. The first kappa shape index (κ1) is 17.3. The third-order valence-corrected chi connectivity index (χ3v) is 4.02. The SMILES string of the molecule is Cc1ccc(/C=C/C(=O)N2CCN(C(=O)C(C)(C)C)CC2)cc1. The normalized spacial score (nSPS) is 16.0. The Morgan fingerprint density at radius 2 is 1.48 bits per heavy atom. The van der Waals surface area contributed by atoms with E-state index in [1.165, 1.54) is 5.56 Å². The first-order chi connectivity index (χ1) is 10.8. The van der Waals surface area contributed by atoms with Crippen molar-refractivity contribution in [2.45, 2.75) is 27.7 Å². The second kappa shape index (κ2) is 6.99. The molecule has 0 aromatic heterocycles. The molecule has 23 heavy (non-hydrogen) atoms. The Balaban J connectivity index is 1.88. The molecule has 0 spiro atoms. The van der Waals surface area contributed by atoms with Gasteiger partial charge >= 0.3 is 0 Å². The van der Waals surface area contributed by atoms with E-state index < -0.39 is 0 Å². The lowest BCUT2D eigenvalue weighted by molar-refractivity contribution is -0.143. The quantitative estimate of drug-likeness (QED) is 0.788. The third kappa shape index (κ3) is 4.68. The predicted molar refractivity (Wildman–Crippen MR) is 92.8 cm³/mol. The Morgan fingerprint density at radius 3 is 2.00 bits per heavy atom. The molecule has 1 fully saturated rings. The molecule has 0 saturated carbocycles. The van der Waals surface area contributed by atoms with E-state index in [4.69, 9.17) is 0 Å². The fraction of sp³-hybridized carbons (Fsp3) is 0.474. The van der Waals surface area contributed by atoms with Gasteiger partial charge in [-0.05, 0) is 18.6 Å². The third-order valence-electron chi connectivity index (χ3n) is 4.02. The fourth-order valence-electron chi connectivity index (χ4n) is 2.55. The number of carbonyl (C=O) groups is 2. The molecule has 124 valence electrons. The van der Waals surface area contributed by atoms with Gasteiger partial charge in [0, 0.05) is 37.7 Å². The Kier molecular flexibility index (Phi) is 5.24. The monoisotopic (exact) mass is 314 g/mol. The van der Waals surface area contributed by atoms with Gasteiger partial charge in [0.15, 0.2) is 0 Å². The smallest absolute Gasteiger partial charge is 0.246 e. The van der Waals surface area contributed by atoms with Gasteiger partial charge in [0.05, 0.1) is 0 Å². The minimum atomic E-state index is -0.364. The van der Waals surface area contributed by atoms with Gasteiger partial charge in [0.25, 0.3) is 0 Å². The molecular formula is C19H26N2O2. The number of carbonyl (C=O) groups excluding carboxylic acids is 2. The van der Waals surface area contributed by atoms with E-state index in [9.17, 15) is 9.59 Å². The molecule has 0 bridgehead atoms. The van der Waals surface area contributed by atoms with Crippen molar-refractivity contribution in [1.82, 2.24) is 9.80 Å². The average Bonchev–Trinajstić information content (AvgIpc) is 2.52. The van der Waals surface area contributed by atoms with Crippen LogP contribution in [0.25, 0.3) is 6.08 Å². The van der Waals surface area contributed by atoms with Crippen molar-refractivity contribution in [3.8, 4) is 0 Å². The fourth-order valence-corrected chi connectivity index (χ4v) is 2.55. The van der Waals surface area contributed by atoms with E-state index >= 15 is 0 Å². The van der Waals surface area contributed by atoms with E-state index in [1.807, 2.05) is 62.9 Å². The Hall–Kier alpha value is -2.10. The molecule has 2 amide bonds. The lowest BCUT2D eigenvalue weighted by Crippen LogP contribution is -2.52. The lowest BCUT2D eigenvalue weighted by atomic mass is 9.94. The summed E-state index contributed by atoms with van der Waals surface area (Å²) in [5.41, 5.74) is 1.86. The summed E-state index contributed by atoms with van der Waals surface area (Å²) in [5, 5.41) is 0. The molecule has 0 atom stereocenters. The van der Waals surface area contributed by atoms with E-state index in [0.29, 0.717) is 26.2 Å². The first-order valence-corrected chi connectivity index (χ1v) is 8.10. The van der Waals surface area contributed by atoms with Gasteiger partial charge in [0.2, 0.25) is 11.8 Å². The van der Waals surface area contributed by atoms with Crippen LogP contribution in [0.5, 0.6) is 0 Å². The number of hydrogen-bond acceptors (Lipinski definition) is 2. The minimum Gasteiger partial charge on any atom is -0.339 e. The Bertz CT molecular complexity index is 589. The van der Waals surface area contributed by atoms with E-state index in [-0.39, 0.29) is 17.2 Å². The summed E-state index contributed by atoms with van der Waals surface area (Å²) in [6.07, 6.45) is 3.46. The highest BCUT2D eigenvalue weighted by atomic mass is 16.2. The van der Waals surface area contributed by atoms with Crippen LogP contribution < -0.4 is 0 Å². The van der Waals surface area contributed by atoms with Crippen molar-refractivity contribution in [3.05, 3.63) is 41.5 Å². The topological polar surface area (TPSA) is 40.6 Å². The van der Waals surface area contributed by atoms with Crippen LogP contribution in [0.3, 0.4) is 0 Å². The summed E-state index contributed by atoms with van der Waals surface area (Å²) < 4.78 is 0. The maximum absolute atomic E-state index is 12.2. The van der Waals surface area contributed by atoms with E-state index in [0.717, 1.165) is 5.56 Å². The second-order valence-electron chi connectivity index (χ2n) is 7.11. The number of amides is 2. The van der Waals surface area contributed by atoms with Crippen molar-refractivity contribution in [2.75, 3.05) is 26.2 Å². The Labute approximate surface area is 138 Å². The average molecular weight is 314 g/mol. The summed E-state index contributed by atoms with van der Waals surface area (Å²) >= 11 is 0. The molecule has 4 nitrogen and oxygen atoms in total. The maximum atomic E-state index is 12.2. The predicted octanol–water partition coefficient (Wildman–Crippen LogP) is 2.73. The maximum Gasteiger partial charge on any atom is 0.246 e. The highest BCUT2D eigenvalue weighted by Crippen LogP contribution is 2.18. The molecule has 0 radical (unpaired) electrons. The van der Waals surface area contributed by atoms with Gasteiger partial charge in [-0.15, -0.1) is 0 Å². The van der Waals surface area contributed by atoms with Crippen molar-refractivity contribution >= 4 is 17.9 Å². The van der Waals surface area contributed by atoms with Gasteiger partial charge in [-0.3, -0.25) is 9.59 Å². The summed E-state index contributed by atoms with van der Waals surface area (Å²) in [4.78, 5) is 28.1. The number of aryl methyl sites for hydroxylation is 1. The largest absolute Gasteiger partial charge is 0.339 e. The van der Waals surface area contributed by atoms with Crippen molar-refractivity contribution in [1.29, 1.82) is 0 Å². The van der Waals surface area contributed by atoms with Gasteiger partial charge in [-0.1, -0.05) is 50.6 Å².